The zero-order chi connectivity index (χ0) is 15.3. The first-order valence-corrected chi connectivity index (χ1v) is 6.62. The van der Waals surface area contributed by atoms with Crippen molar-refractivity contribution in [3.05, 3.63) is 29.3 Å². The lowest BCUT2D eigenvalue weighted by molar-refractivity contribution is -0.136. The van der Waals surface area contributed by atoms with Crippen molar-refractivity contribution in [3.8, 4) is 0 Å². The molecule has 0 aliphatic carbocycles. The number of aliphatic carboxylic acids is 1. The molecule has 0 heterocycles. The molecule has 1 rings (SSSR count). The first kappa shape index (κ1) is 16.5. The second kappa shape index (κ2) is 7.26. The Labute approximate surface area is 126 Å². The molecule has 0 saturated carbocycles. The minimum absolute atomic E-state index is 0.0585. The van der Waals surface area contributed by atoms with E-state index in [9.17, 15) is 14.4 Å². The lowest BCUT2D eigenvalue weighted by atomic mass is 10.1. The predicted molar refractivity (Wildman–Crippen MR) is 76.9 cm³/mol. The molecular weight excluding hydrogens is 305 g/mol. The fourth-order valence-corrected chi connectivity index (χ4v) is 1.94. The summed E-state index contributed by atoms with van der Waals surface area (Å²) in [6.07, 6.45) is -0.0585. The predicted octanol–water partition coefficient (Wildman–Crippen LogP) is 2.75. The van der Waals surface area contributed by atoms with Gasteiger partial charge in [-0.05, 0) is 48.3 Å². The Morgan fingerprint density at radius 3 is 1.95 bits per heavy atom. The number of anilines is 1. The van der Waals surface area contributed by atoms with Crippen LogP contribution in [0.25, 0.3) is 0 Å². The number of benzene rings is 1. The molecule has 0 aliphatic heterocycles. The van der Waals surface area contributed by atoms with E-state index in [1.165, 1.54) is 18.2 Å². The van der Waals surface area contributed by atoms with E-state index in [4.69, 9.17) is 28.3 Å². The van der Waals surface area contributed by atoms with Gasteiger partial charge >= 0.3 is 5.97 Å². The van der Waals surface area contributed by atoms with E-state index in [1.54, 1.807) is 4.90 Å². The summed E-state index contributed by atoms with van der Waals surface area (Å²) in [5.74, 6) is -0.929. The highest BCUT2D eigenvalue weighted by Crippen LogP contribution is 2.22. The second-order valence-electron chi connectivity index (χ2n) is 4.04. The molecule has 7 heteroatoms. The van der Waals surface area contributed by atoms with Gasteiger partial charge in [-0.3, -0.25) is 14.4 Å². The molecule has 0 amide bonds. The molecule has 0 atom stereocenters. The summed E-state index contributed by atoms with van der Waals surface area (Å²) in [5, 5.41) is 7.30. The summed E-state index contributed by atoms with van der Waals surface area (Å²) in [6, 6.07) is 4.31. The molecule has 0 fully saturated rings. The highest BCUT2D eigenvalue weighted by Gasteiger charge is 2.14. The van der Waals surface area contributed by atoms with Crippen LogP contribution in [0.15, 0.2) is 18.2 Å². The number of carbonyl (C=O) groups is 3. The van der Waals surface area contributed by atoms with Gasteiger partial charge in [0.25, 0.3) is 10.5 Å². The maximum absolute atomic E-state index is 11.2. The molecular formula is C13H13Cl2NO4. The number of rotatable bonds is 7. The van der Waals surface area contributed by atoms with Crippen molar-refractivity contribution >= 4 is 45.3 Å². The Bertz CT molecular complexity index is 513. The smallest absolute Gasteiger partial charge is 0.305 e. The molecule has 108 valence electrons. The minimum Gasteiger partial charge on any atom is -0.481 e. The zero-order valence-electron chi connectivity index (χ0n) is 10.7. The van der Waals surface area contributed by atoms with E-state index in [-0.39, 0.29) is 24.1 Å². The molecule has 0 saturated heterocycles. The van der Waals surface area contributed by atoms with E-state index in [1.807, 2.05) is 6.92 Å². The summed E-state index contributed by atoms with van der Waals surface area (Å²) in [4.78, 5) is 34.8. The van der Waals surface area contributed by atoms with Crippen molar-refractivity contribution in [2.24, 2.45) is 0 Å². The second-order valence-corrected chi connectivity index (χ2v) is 4.73. The number of nitrogens with zero attached hydrogens (tertiary/aromatic N) is 1. The number of carboxylic acids is 1. The van der Waals surface area contributed by atoms with Crippen LogP contribution in [0.5, 0.6) is 0 Å². The Morgan fingerprint density at radius 2 is 1.60 bits per heavy atom. The van der Waals surface area contributed by atoms with E-state index in [2.05, 4.69) is 0 Å². The Morgan fingerprint density at radius 1 is 1.10 bits per heavy atom. The maximum Gasteiger partial charge on any atom is 0.305 e. The van der Waals surface area contributed by atoms with Crippen molar-refractivity contribution in [2.75, 3.05) is 18.0 Å². The summed E-state index contributed by atoms with van der Waals surface area (Å²) in [7, 11) is 0. The number of hydrogen-bond acceptors (Lipinski definition) is 4. The van der Waals surface area contributed by atoms with Gasteiger partial charge in [-0.2, -0.15) is 0 Å². The van der Waals surface area contributed by atoms with Crippen LogP contribution in [0, 0.1) is 0 Å². The Hall–Kier alpha value is -1.59. The standard InChI is InChI=1S/C13H13Cl2NO4/c1-2-16(4-3-11(17)18)10-6-8(12(14)19)5-9(7-10)13(15)20/h5-7H,2-4H2,1H3,(H,17,18). The van der Waals surface area contributed by atoms with E-state index in [0.29, 0.717) is 12.2 Å². The van der Waals surface area contributed by atoms with Gasteiger partial charge in [0.2, 0.25) is 0 Å². The summed E-state index contributed by atoms with van der Waals surface area (Å²) < 4.78 is 0. The van der Waals surface area contributed by atoms with Gasteiger partial charge in [0, 0.05) is 29.9 Å². The van der Waals surface area contributed by atoms with Crippen LogP contribution >= 0.6 is 23.2 Å². The maximum atomic E-state index is 11.2. The average molecular weight is 318 g/mol. The van der Waals surface area contributed by atoms with Crippen LogP contribution in [-0.2, 0) is 4.79 Å². The summed E-state index contributed by atoms with van der Waals surface area (Å²) in [6.45, 7) is 2.60. The highest BCUT2D eigenvalue weighted by atomic mass is 35.5. The lowest BCUT2D eigenvalue weighted by Gasteiger charge is -2.23. The molecule has 5 nitrogen and oxygen atoms in total. The summed E-state index contributed by atoms with van der Waals surface area (Å²) >= 11 is 10.8. The number of hydrogen-bond donors (Lipinski definition) is 1. The molecule has 1 aromatic carbocycles. The molecule has 0 spiro atoms. The average Bonchev–Trinajstić information content (AvgIpc) is 2.38. The van der Waals surface area contributed by atoms with E-state index >= 15 is 0 Å². The fourth-order valence-electron chi connectivity index (χ4n) is 1.72. The van der Waals surface area contributed by atoms with Crippen molar-refractivity contribution < 1.29 is 19.5 Å². The van der Waals surface area contributed by atoms with Gasteiger partial charge in [-0.15, -0.1) is 0 Å². The highest BCUT2D eigenvalue weighted by molar-refractivity contribution is 6.69. The molecule has 0 unspecified atom stereocenters. The topological polar surface area (TPSA) is 74.7 Å². The van der Waals surface area contributed by atoms with Gasteiger partial charge in [-0.1, -0.05) is 0 Å². The van der Waals surface area contributed by atoms with Crippen LogP contribution in [0.3, 0.4) is 0 Å². The molecule has 0 aliphatic rings. The Balaban J connectivity index is 3.16. The van der Waals surface area contributed by atoms with E-state index < -0.39 is 16.5 Å². The fraction of sp³-hybridized carbons (Fsp3) is 0.308. The van der Waals surface area contributed by atoms with Gasteiger partial charge in [0.1, 0.15) is 0 Å². The van der Waals surface area contributed by atoms with Crippen LogP contribution < -0.4 is 4.90 Å². The van der Waals surface area contributed by atoms with Crippen LogP contribution in [-0.4, -0.2) is 34.7 Å². The number of carboxylic acid groups (broad SMARTS) is 1. The number of halogens is 2. The lowest BCUT2D eigenvalue weighted by Crippen LogP contribution is -2.26. The third-order valence-electron chi connectivity index (χ3n) is 2.71. The van der Waals surface area contributed by atoms with Gasteiger partial charge < -0.3 is 10.0 Å². The minimum atomic E-state index is -0.929. The number of carbonyl (C=O) groups excluding carboxylic acids is 2. The first-order valence-electron chi connectivity index (χ1n) is 5.86. The van der Waals surface area contributed by atoms with Crippen LogP contribution in [0.2, 0.25) is 0 Å². The summed E-state index contributed by atoms with van der Waals surface area (Å²) in [5.41, 5.74) is 0.813. The molecule has 1 N–H and O–H groups in total. The third-order valence-corrected chi connectivity index (χ3v) is 3.15. The van der Waals surface area contributed by atoms with Gasteiger partial charge in [0.05, 0.1) is 6.42 Å². The quantitative estimate of drug-likeness (QED) is 0.783. The molecule has 0 aromatic heterocycles. The SMILES string of the molecule is CCN(CCC(=O)O)c1cc(C(=O)Cl)cc(C(=O)Cl)c1. The molecule has 0 radical (unpaired) electrons. The van der Waals surface area contributed by atoms with Crippen molar-refractivity contribution in [1.82, 2.24) is 0 Å². The van der Waals surface area contributed by atoms with E-state index in [0.717, 1.165) is 0 Å². The normalized spacial score (nSPS) is 10.2. The van der Waals surface area contributed by atoms with Crippen molar-refractivity contribution in [1.29, 1.82) is 0 Å². The third kappa shape index (κ3) is 4.51. The van der Waals surface area contributed by atoms with Crippen LogP contribution in [0.4, 0.5) is 5.69 Å². The Kier molecular flexibility index (Phi) is 5.98. The molecule has 20 heavy (non-hydrogen) atoms. The van der Waals surface area contributed by atoms with Crippen molar-refractivity contribution in [2.45, 2.75) is 13.3 Å². The monoisotopic (exact) mass is 317 g/mol. The first-order chi connectivity index (χ1) is 9.35. The van der Waals surface area contributed by atoms with Crippen molar-refractivity contribution in [3.63, 3.8) is 0 Å². The molecule has 0 bridgehead atoms. The molecule has 1 aromatic rings. The van der Waals surface area contributed by atoms with Crippen LogP contribution in [0.1, 0.15) is 34.1 Å². The zero-order valence-corrected chi connectivity index (χ0v) is 12.2. The van der Waals surface area contributed by atoms with Gasteiger partial charge in [-0.25, -0.2) is 0 Å². The largest absolute Gasteiger partial charge is 0.481 e. The van der Waals surface area contributed by atoms with Gasteiger partial charge in [0.15, 0.2) is 0 Å².